The van der Waals surface area contributed by atoms with Crippen molar-refractivity contribution in [1.82, 2.24) is 5.32 Å². The van der Waals surface area contributed by atoms with Gasteiger partial charge >= 0.3 is 6.09 Å². The highest BCUT2D eigenvalue weighted by Crippen LogP contribution is 2.03. The second kappa shape index (κ2) is 4.87. The number of rotatable bonds is 2. The molecule has 1 aromatic rings. The van der Waals surface area contributed by atoms with Crippen LogP contribution in [0, 0.1) is 6.92 Å². The van der Waals surface area contributed by atoms with Gasteiger partial charge in [0.05, 0.1) is 0 Å². The van der Waals surface area contributed by atoms with Gasteiger partial charge in [0.15, 0.2) is 16.3 Å². The van der Waals surface area contributed by atoms with Gasteiger partial charge < -0.3 is 9.15 Å². The minimum absolute atomic E-state index is 0.478. The molecule has 1 amide bonds. The van der Waals surface area contributed by atoms with Crippen LogP contribution < -0.4 is 5.32 Å². The van der Waals surface area contributed by atoms with Crippen LogP contribution in [0.25, 0.3) is 0 Å². The lowest BCUT2D eigenvalue weighted by atomic mass is 10.1. The van der Waals surface area contributed by atoms with Crippen LogP contribution in [0.1, 0.15) is 11.1 Å². The monoisotopic (exact) mass is 243 g/mol. The Bertz CT molecular complexity index is 301. The maximum Gasteiger partial charge on any atom is 0.419 e. The Balaban J connectivity index is 2.50. The van der Waals surface area contributed by atoms with E-state index in [-0.39, 0.29) is 0 Å². The highest BCUT2D eigenvalue weighted by atomic mass is 79.9. The molecule has 1 rings (SSSR count). The van der Waals surface area contributed by atoms with Crippen molar-refractivity contribution in [3.8, 4) is 0 Å². The third-order valence-corrected chi connectivity index (χ3v) is 1.88. The number of benzene rings is 1. The largest absolute Gasteiger partial charge is 0.419 e. The summed E-state index contributed by atoms with van der Waals surface area (Å²) in [4.78, 5) is 10.7. The summed E-state index contributed by atoms with van der Waals surface area (Å²) in [6.07, 6.45) is -0.485. The molecule has 3 nitrogen and oxygen atoms in total. The van der Waals surface area contributed by atoms with E-state index in [1.54, 1.807) is 0 Å². The molecule has 1 aromatic carbocycles. The van der Waals surface area contributed by atoms with E-state index in [4.69, 9.17) is 0 Å². The number of carbonyl (C=O) groups is 1. The molecule has 1 N–H and O–H groups in total. The Morgan fingerprint density at radius 1 is 1.62 bits per heavy atom. The van der Waals surface area contributed by atoms with E-state index < -0.39 is 6.09 Å². The van der Waals surface area contributed by atoms with Crippen molar-refractivity contribution in [2.45, 2.75) is 13.5 Å². The Labute approximate surface area is 85.5 Å². The van der Waals surface area contributed by atoms with Crippen molar-refractivity contribution < 1.29 is 8.62 Å². The van der Waals surface area contributed by atoms with Gasteiger partial charge in [0.1, 0.15) is 0 Å². The number of hydrogen-bond acceptors (Lipinski definition) is 2. The normalized spacial score (nSPS) is 9.38. The summed E-state index contributed by atoms with van der Waals surface area (Å²) < 4.78 is 4.26. The minimum Gasteiger partial charge on any atom is -0.367 e. The number of aryl methyl sites for hydroxylation is 1. The fourth-order valence-electron chi connectivity index (χ4n) is 1.02. The molecule has 4 heteroatoms. The fourth-order valence-corrected chi connectivity index (χ4v) is 1.14. The van der Waals surface area contributed by atoms with E-state index in [2.05, 4.69) is 25.4 Å². The molecule has 0 aliphatic rings. The van der Waals surface area contributed by atoms with E-state index in [0.717, 1.165) is 5.56 Å². The first-order valence-electron chi connectivity index (χ1n) is 3.84. The van der Waals surface area contributed by atoms with E-state index in [0.29, 0.717) is 6.54 Å². The first-order chi connectivity index (χ1) is 6.22. The van der Waals surface area contributed by atoms with Gasteiger partial charge in [-0.2, -0.15) is 0 Å². The average molecular weight is 244 g/mol. The van der Waals surface area contributed by atoms with Gasteiger partial charge in [0, 0.05) is 6.54 Å². The molecule has 0 saturated heterocycles. The van der Waals surface area contributed by atoms with Gasteiger partial charge in [0.25, 0.3) is 0 Å². The van der Waals surface area contributed by atoms with Gasteiger partial charge in [-0.05, 0) is 12.5 Å². The predicted molar refractivity (Wildman–Crippen MR) is 53.4 cm³/mol. The lowest BCUT2D eigenvalue weighted by Crippen LogP contribution is -2.20. The van der Waals surface area contributed by atoms with Crippen LogP contribution in [0.4, 0.5) is 4.79 Å². The second-order valence-corrected chi connectivity index (χ2v) is 3.03. The van der Waals surface area contributed by atoms with E-state index in [9.17, 15) is 4.79 Å². The van der Waals surface area contributed by atoms with Crippen LogP contribution in [0.5, 0.6) is 0 Å². The van der Waals surface area contributed by atoms with Crippen molar-refractivity contribution in [1.29, 1.82) is 0 Å². The summed E-state index contributed by atoms with van der Waals surface area (Å²) in [7, 11) is 0. The fraction of sp³-hybridized carbons (Fsp3) is 0.222. The van der Waals surface area contributed by atoms with Crippen molar-refractivity contribution in [2.75, 3.05) is 0 Å². The lowest BCUT2D eigenvalue weighted by molar-refractivity contribution is 0.211. The summed E-state index contributed by atoms with van der Waals surface area (Å²) in [5, 5.41) is 2.57. The average Bonchev–Trinajstić information content (AvgIpc) is 2.14. The van der Waals surface area contributed by atoms with E-state index in [1.807, 2.05) is 31.2 Å². The Morgan fingerprint density at radius 2 is 2.38 bits per heavy atom. The van der Waals surface area contributed by atoms with Crippen LogP contribution in [0.3, 0.4) is 0 Å². The second-order valence-electron chi connectivity index (χ2n) is 2.71. The molecule has 0 spiro atoms. The molecule has 70 valence electrons. The number of carbonyl (C=O) groups excluding carboxylic acids is 1. The molecule has 0 aliphatic heterocycles. The van der Waals surface area contributed by atoms with E-state index in [1.165, 1.54) is 5.56 Å². The van der Waals surface area contributed by atoms with Gasteiger partial charge in [0.2, 0.25) is 0 Å². The maximum absolute atomic E-state index is 10.7. The quantitative estimate of drug-likeness (QED) is 0.868. The molecule has 0 bridgehead atoms. The number of hydrogen-bond donors (Lipinski definition) is 1. The Hall–Kier alpha value is -1.03. The number of halogens is 1. The summed E-state index contributed by atoms with van der Waals surface area (Å²) >= 11 is 2.59. The molecule has 0 unspecified atom stereocenters. The molecular weight excluding hydrogens is 234 g/mol. The number of amides is 1. The summed E-state index contributed by atoms with van der Waals surface area (Å²) in [5.74, 6) is 0. The first kappa shape index (κ1) is 10.1. The molecular formula is C9H10BrNO2. The summed E-state index contributed by atoms with van der Waals surface area (Å²) in [6, 6.07) is 7.91. The van der Waals surface area contributed by atoms with Crippen LogP contribution in [0.2, 0.25) is 0 Å². The van der Waals surface area contributed by atoms with Gasteiger partial charge in [-0.3, -0.25) is 0 Å². The lowest BCUT2D eigenvalue weighted by Gasteiger charge is -2.02. The van der Waals surface area contributed by atoms with Crippen molar-refractivity contribution >= 4 is 22.4 Å². The number of nitrogens with one attached hydrogen (secondary N) is 1. The van der Waals surface area contributed by atoms with Gasteiger partial charge in [-0.15, -0.1) is 0 Å². The molecule has 0 aromatic heterocycles. The van der Waals surface area contributed by atoms with Crippen LogP contribution >= 0.6 is 16.3 Å². The van der Waals surface area contributed by atoms with Crippen molar-refractivity contribution in [3.05, 3.63) is 35.4 Å². The van der Waals surface area contributed by atoms with Crippen LogP contribution in [-0.4, -0.2) is 6.09 Å². The molecule has 0 fully saturated rings. The SMILES string of the molecule is Cc1cccc(CNC(=O)OBr)c1. The van der Waals surface area contributed by atoms with E-state index >= 15 is 0 Å². The third-order valence-electron chi connectivity index (χ3n) is 1.59. The highest BCUT2D eigenvalue weighted by Gasteiger charge is 1.99. The molecule has 0 radical (unpaired) electrons. The summed E-state index contributed by atoms with van der Waals surface area (Å²) in [6.45, 7) is 2.48. The Morgan fingerprint density at radius 3 is 3.00 bits per heavy atom. The van der Waals surface area contributed by atoms with Crippen molar-refractivity contribution in [2.24, 2.45) is 0 Å². The van der Waals surface area contributed by atoms with Crippen molar-refractivity contribution in [3.63, 3.8) is 0 Å². The van der Waals surface area contributed by atoms with Crippen LogP contribution in [0.15, 0.2) is 24.3 Å². The highest BCUT2D eigenvalue weighted by molar-refractivity contribution is 9.06. The topological polar surface area (TPSA) is 38.3 Å². The maximum atomic E-state index is 10.7. The first-order valence-corrected chi connectivity index (χ1v) is 4.49. The standard InChI is InChI=1S/C9H10BrNO2/c1-7-3-2-4-8(5-7)6-11-9(12)13-10/h2-5H,6H2,1H3,(H,11,12). The molecule has 0 saturated carbocycles. The summed E-state index contributed by atoms with van der Waals surface area (Å²) in [5.41, 5.74) is 2.23. The van der Waals surface area contributed by atoms with Crippen LogP contribution in [-0.2, 0) is 10.4 Å². The predicted octanol–water partition coefficient (Wildman–Crippen LogP) is 2.53. The Kier molecular flexibility index (Phi) is 3.76. The zero-order chi connectivity index (χ0) is 9.68. The van der Waals surface area contributed by atoms with Gasteiger partial charge in [-0.1, -0.05) is 29.8 Å². The van der Waals surface area contributed by atoms with Gasteiger partial charge in [-0.25, -0.2) is 4.79 Å². The molecule has 0 heterocycles. The zero-order valence-electron chi connectivity index (χ0n) is 7.21. The molecule has 13 heavy (non-hydrogen) atoms. The zero-order valence-corrected chi connectivity index (χ0v) is 8.80. The third kappa shape index (κ3) is 3.46. The molecule has 0 aliphatic carbocycles. The minimum atomic E-state index is -0.485. The molecule has 0 atom stereocenters. The smallest absolute Gasteiger partial charge is 0.367 e.